The molecule has 2 fully saturated rings. The normalized spacial score (nSPS) is 22.4. The number of ether oxygens (including phenoxy) is 2. The van der Waals surface area contributed by atoms with Gasteiger partial charge in [-0.05, 0) is 37.8 Å². The van der Waals surface area contributed by atoms with Crippen molar-refractivity contribution in [3.05, 3.63) is 0 Å². The summed E-state index contributed by atoms with van der Waals surface area (Å²) in [6.45, 7) is 5.85. The molecule has 0 aromatic carbocycles. The van der Waals surface area contributed by atoms with E-state index in [0.29, 0.717) is 19.1 Å². The number of nitrogens with one attached hydrogen (secondary N) is 1. The van der Waals surface area contributed by atoms with E-state index in [0.717, 1.165) is 58.5 Å². The fourth-order valence-corrected chi connectivity index (χ4v) is 3.06. The molecule has 0 aromatic rings. The number of rotatable bonds is 7. The molecular formula is C14H26N2O3. The van der Waals surface area contributed by atoms with E-state index < -0.39 is 0 Å². The summed E-state index contributed by atoms with van der Waals surface area (Å²) < 4.78 is 10.5. The smallest absolute Gasteiger partial charge is 0.223 e. The minimum absolute atomic E-state index is 0.248. The molecule has 5 nitrogen and oxygen atoms in total. The first kappa shape index (κ1) is 14.8. The van der Waals surface area contributed by atoms with Crippen molar-refractivity contribution in [1.82, 2.24) is 10.2 Å². The van der Waals surface area contributed by atoms with E-state index in [4.69, 9.17) is 9.47 Å². The van der Waals surface area contributed by atoms with Crippen LogP contribution in [0.2, 0.25) is 0 Å². The average molecular weight is 270 g/mol. The van der Waals surface area contributed by atoms with E-state index in [2.05, 4.69) is 5.32 Å². The van der Waals surface area contributed by atoms with Gasteiger partial charge in [0.25, 0.3) is 0 Å². The zero-order valence-electron chi connectivity index (χ0n) is 12.0. The summed E-state index contributed by atoms with van der Waals surface area (Å²) in [6, 6.07) is 0. The molecule has 1 amide bonds. The van der Waals surface area contributed by atoms with Gasteiger partial charge in [0.2, 0.25) is 5.91 Å². The zero-order chi connectivity index (χ0) is 13.6. The number of hydrogen-bond acceptors (Lipinski definition) is 4. The number of carbonyl (C=O) groups excluding carboxylic acids is 1. The summed E-state index contributed by atoms with van der Waals surface area (Å²) in [4.78, 5) is 14.0. The molecule has 1 N–H and O–H groups in total. The highest BCUT2D eigenvalue weighted by Crippen LogP contribution is 2.38. The first-order valence-corrected chi connectivity index (χ1v) is 7.31. The van der Waals surface area contributed by atoms with E-state index >= 15 is 0 Å². The van der Waals surface area contributed by atoms with Crippen LogP contribution in [0, 0.1) is 5.41 Å². The van der Waals surface area contributed by atoms with Crippen LogP contribution < -0.4 is 5.32 Å². The van der Waals surface area contributed by atoms with Gasteiger partial charge >= 0.3 is 0 Å². The van der Waals surface area contributed by atoms with Crippen molar-refractivity contribution < 1.29 is 14.3 Å². The average Bonchev–Trinajstić information content (AvgIpc) is 2.70. The molecule has 0 aromatic heterocycles. The molecule has 0 atom stereocenters. The molecule has 0 radical (unpaired) electrons. The number of nitrogens with zero attached hydrogens (tertiary/aromatic N) is 1. The van der Waals surface area contributed by atoms with E-state index in [1.165, 1.54) is 0 Å². The molecule has 19 heavy (non-hydrogen) atoms. The van der Waals surface area contributed by atoms with Gasteiger partial charge in [0.05, 0.1) is 6.61 Å². The Kier molecular flexibility index (Phi) is 5.60. The fraction of sp³-hybridized carbons (Fsp3) is 0.929. The van der Waals surface area contributed by atoms with Gasteiger partial charge in [-0.1, -0.05) is 0 Å². The largest absolute Gasteiger partial charge is 0.385 e. The summed E-state index contributed by atoms with van der Waals surface area (Å²) >= 11 is 0. The van der Waals surface area contributed by atoms with Crippen molar-refractivity contribution in [2.45, 2.75) is 25.7 Å². The lowest BCUT2D eigenvalue weighted by atomic mass is 9.78. The van der Waals surface area contributed by atoms with E-state index in [1.807, 2.05) is 4.90 Å². The maximum absolute atomic E-state index is 12.0. The maximum Gasteiger partial charge on any atom is 0.223 e. The Hall–Kier alpha value is -0.650. The molecule has 0 saturated carbocycles. The Morgan fingerprint density at radius 3 is 2.79 bits per heavy atom. The molecule has 0 aliphatic carbocycles. The number of carbonyl (C=O) groups is 1. The SMILES string of the molecule is COCCCOCCN1CC2(CCNCC2)CC1=O. The predicted octanol–water partition coefficient (Wildman–Crippen LogP) is 0.642. The fourth-order valence-electron chi connectivity index (χ4n) is 3.06. The van der Waals surface area contributed by atoms with Crippen molar-refractivity contribution in [1.29, 1.82) is 0 Å². The lowest BCUT2D eigenvalue weighted by Gasteiger charge is -2.33. The van der Waals surface area contributed by atoms with Crippen LogP contribution in [0.1, 0.15) is 25.7 Å². The van der Waals surface area contributed by atoms with Gasteiger partial charge in [0.15, 0.2) is 0 Å². The summed E-state index contributed by atoms with van der Waals surface area (Å²) in [6.07, 6.45) is 3.91. The molecule has 2 saturated heterocycles. The molecule has 110 valence electrons. The minimum Gasteiger partial charge on any atom is -0.385 e. The highest BCUT2D eigenvalue weighted by atomic mass is 16.5. The summed E-state index contributed by atoms with van der Waals surface area (Å²) in [5, 5.41) is 3.37. The summed E-state index contributed by atoms with van der Waals surface area (Å²) in [5.41, 5.74) is 0.248. The molecular weight excluding hydrogens is 244 g/mol. The zero-order valence-corrected chi connectivity index (χ0v) is 12.0. The van der Waals surface area contributed by atoms with Gasteiger partial charge in [0.1, 0.15) is 0 Å². The number of amides is 1. The first-order valence-electron chi connectivity index (χ1n) is 7.31. The van der Waals surface area contributed by atoms with Gasteiger partial charge in [-0.15, -0.1) is 0 Å². The molecule has 2 aliphatic heterocycles. The Morgan fingerprint density at radius 1 is 1.26 bits per heavy atom. The summed E-state index contributed by atoms with van der Waals surface area (Å²) in [5.74, 6) is 0.308. The van der Waals surface area contributed by atoms with Crippen molar-refractivity contribution in [3.8, 4) is 0 Å². The van der Waals surface area contributed by atoms with Crippen LogP contribution in [0.4, 0.5) is 0 Å². The van der Waals surface area contributed by atoms with Gasteiger partial charge in [-0.2, -0.15) is 0 Å². The second kappa shape index (κ2) is 7.22. The van der Waals surface area contributed by atoms with E-state index in [1.54, 1.807) is 7.11 Å². The van der Waals surface area contributed by atoms with Crippen LogP contribution in [0.5, 0.6) is 0 Å². The number of methoxy groups -OCH3 is 1. The standard InChI is InChI=1S/C14H26N2O3/c1-18-8-2-9-19-10-7-16-12-14(11-13(16)17)3-5-15-6-4-14/h15H,2-12H2,1H3. The van der Waals surface area contributed by atoms with Gasteiger partial charge in [-0.25, -0.2) is 0 Å². The molecule has 1 spiro atoms. The van der Waals surface area contributed by atoms with Crippen LogP contribution in [-0.4, -0.2) is 63.9 Å². The minimum atomic E-state index is 0.248. The van der Waals surface area contributed by atoms with Crippen molar-refractivity contribution in [2.75, 3.05) is 53.1 Å². The quantitative estimate of drug-likeness (QED) is 0.690. The second-order valence-corrected chi connectivity index (χ2v) is 5.70. The number of piperidine rings is 1. The Bertz CT molecular complexity index is 290. The molecule has 2 rings (SSSR count). The van der Waals surface area contributed by atoms with Crippen molar-refractivity contribution >= 4 is 5.91 Å². The number of likely N-dealkylation sites (tertiary alicyclic amines) is 1. The van der Waals surface area contributed by atoms with Gasteiger partial charge in [0, 0.05) is 39.8 Å². The Labute approximate surface area is 115 Å². The van der Waals surface area contributed by atoms with Crippen molar-refractivity contribution in [3.63, 3.8) is 0 Å². The second-order valence-electron chi connectivity index (χ2n) is 5.70. The molecule has 2 heterocycles. The first-order chi connectivity index (χ1) is 9.26. The van der Waals surface area contributed by atoms with Gasteiger partial charge < -0.3 is 19.7 Å². The van der Waals surface area contributed by atoms with Crippen LogP contribution >= 0.6 is 0 Å². The van der Waals surface area contributed by atoms with Gasteiger partial charge in [-0.3, -0.25) is 4.79 Å². The third-order valence-electron chi connectivity index (χ3n) is 4.21. The van der Waals surface area contributed by atoms with Crippen LogP contribution in [0.15, 0.2) is 0 Å². The molecule has 5 heteroatoms. The topological polar surface area (TPSA) is 50.8 Å². The highest BCUT2D eigenvalue weighted by molar-refractivity contribution is 5.79. The van der Waals surface area contributed by atoms with E-state index in [-0.39, 0.29) is 5.41 Å². The monoisotopic (exact) mass is 270 g/mol. The summed E-state index contributed by atoms with van der Waals surface area (Å²) in [7, 11) is 1.70. The van der Waals surface area contributed by atoms with E-state index in [9.17, 15) is 4.79 Å². The molecule has 0 unspecified atom stereocenters. The Morgan fingerprint density at radius 2 is 2.05 bits per heavy atom. The van der Waals surface area contributed by atoms with Crippen LogP contribution in [0.3, 0.4) is 0 Å². The van der Waals surface area contributed by atoms with Crippen molar-refractivity contribution in [2.24, 2.45) is 5.41 Å². The third-order valence-corrected chi connectivity index (χ3v) is 4.21. The lowest BCUT2D eigenvalue weighted by Crippen LogP contribution is -2.39. The Balaban J connectivity index is 1.65. The lowest BCUT2D eigenvalue weighted by molar-refractivity contribution is -0.128. The number of hydrogen-bond donors (Lipinski definition) is 1. The molecule has 0 bridgehead atoms. The van der Waals surface area contributed by atoms with Crippen LogP contribution in [0.25, 0.3) is 0 Å². The predicted molar refractivity (Wildman–Crippen MR) is 73.0 cm³/mol. The van der Waals surface area contributed by atoms with Crippen LogP contribution in [-0.2, 0) is 14.3 Å². The highest BCUT2D eigenvalue weighted by Gasteiger charge is 2.43. The third kappa shape index (κ3) is 4.16. The molecule has 2 aliphatic rings. The maximum atomic E-state index is 12.0.